The molecule has 262 valence electrons. The highest BCUT2D eigenvalue weighted by Gasteiger charge is 2.27. The highest BCUT2D eigenvalue weighted by Crippen LogP contribution is 2.46. The van der Waals surface area contributed by atoms with E-state index in [4.69, 9.17) is 0 Å². The van der Waals surface area contributed by atoms with Crippen molar-refractivity contribution in [3.05, 3.63) is 95.1 Å². The van der Waals surface area contributed by atoms with Gasteiger partial charge < -0.3 is 0 Å². The second kappa shape index (κ2) is 16.3. The maximum absolute atomic E-state index is 16.1. The number of unbranched alkanes of at least 4 members (excludes halogenated alkanes) is 1. The Morgan fingerprint density at radius 1 is 0.600 bits per heavy atom. The number of nitrogens with zero attached hydrogens (tertiary/aromatic N) is 2. The molecule has 2 nitrogen and oxygen atoms in total. The summed E-state index contributed by atoms with van der Waals surface area (Å²) in [5.74, 6) is -1.53. The molecular formula is C41H42F4N2S3. The number of aromatic nitrogens is 2. The van der Waals surface area contributed by atoms with Crippen LogP contribution in [0.25, 0.3) is 52.8 Å². The number of thiophene rings is 2. The summed E-state index contributed by atoms with van der Waals surface area (Å²) < 4.78 is 71.6. The lowest BCUT2D eigenvalue weighted by atomic mass is 9.92. The molecule has 6 rings (SSSR count). The van der Waals surface area contributed by atoms with E-state index in [9.17, 15) is 0 Å². The topological polar surface area (TPSA) is 25.8 Å². The fraction of sp³-hybridized carbons (Fsp3) is 0.366. The highest BCUT2D eigenvalue weighted by atomic mass is 32.1. The van der Waals surface area contributed by atoms with Crippen molar-refractivity contribution in [2.75, 3.05) is 0 Å². The number of fused-ring (bicyclic) bond motifs is 1. The first-order valence-corrected chi connectivity index (χ1v) is 20.0. The average Bonchev–Trinajstić information content (AvgIpc) is 3.90. The average molecular weight is 735 g/mol. The zero-order chi connectivity index (χ0) is 35.4. The molecule has 3 heterocycles. The van der Waals surface area contributed by atoms with Crippen LogP contribution in [0.3, 0.4) is 0 Å². The highest BCUT2D eigenvalue weighted by molar-refractivity contribution is 7.19. The Morgan fingerprint density at radius 2 is 1.10 bits per heavy atom. The largest absolute Gasteiger partial charge is 0.206 e. The molecule has 0 fully saturated rings. The van der Waals surface area contributed by atoms with Crippen LogP contribution in [0.1, 0.15) is 83.8 Å². The first kappa shape index (κ1) is 36.4. The molecule has 0 N–H and O–H groups in total. The summed E-state index contributed by atoms with van der Waals surface area (Å²) in [4.78, 5) is 2.11. The van der Waals surface area contributed by atoms with Crippen LogP contribution < -0.4 is 0 Å². The van der Waals surface area contributed by atoms with Crippen molar-refractivity contribution in [3.63, 3.8) is 0 Å². The van der Waals surface area contributed by atoms with Gasteiger partial charge in [-0.05, 0) is 85.0 Å². The molecule has 2 unspecified atom stereocenters. The lowest BCUT2D eigenvalue weighted by Gasteiger charge is -2.14. The molecule has 0 saturated carbocycles. The quantitative estimate of drug-likeness (QED) is 0.0982. The Balaban J connectivity index is 1.26. The molecule has 0 aliphatic rings. The van der Waals surface area contributed by atoms with Crippen LogP contribution in [0, 0.1) is 35.1 Å². The molecule has 3 aromatic heterocycles. The summed E-state index contributed by atoms with van der Waals surface area (Å²) in [6.07, 6.45) is 9.46. The lowest BCUT2D eigenvalue weighted by molar-refractivity contribution is 0.421. The summed E-state index contributed by atoms with van der Waals surface area (Å²) in [7, 11) is 0. The monoisotopic (exact) mass is 734 g/mol. The van der Waals surface area contributed by atoms with E-state index < -0.39 is 11.6 Å². The van der Waals surface area contributed by atoms with Crippen molar-refractivity contribution in [2.45, 2.75) is 85.5 Å². The minimum absolute atomic E-state index is 0.00949. The maximum Gasteiger partial charge on any atom is 0.170 e. The summed E-state index contributed by atoms with van der Waals surface area (Å²) in [5, 5.41) is 0. The van der Waals surface area contributed by atoms with E-state index in [-0.39, 0.29) is 33.8 Å². The number of benzene rings is 3. The van der Waals surface area contributed by atoms with Crippen LogP contribution >= 0.6 is 34.4 Å². The molecule has 0 aliphatic carbocycles. The molecule has 0 aliphatic heterocycles. The maximum atomic E-state index is 16.1. The van der Waals surface area contributed by atoms with Crippen LogP contribution in [0.15, 0.2) is 60.7 Å². The molecule has 9 heteroatoms. The molecule has 6 aromatic rings. The van der Waals surface area contributed by atoms with Gasteiger partial charge in [0.25, 0.3) is 0 Å². The summed E-state index contributed by atoms with van der Waals surface area (Å²) in [5.41, 5.74) is 3.26. The second-order valence-corrected chi connectivity index (χ2v) is 16.0. The zero-order valence-electron chi connectivity index (χ0n) is 28.9. The van der Waals surface area contributed by atoms with Gasteiger partial charge in [0.05, 0.1) is 22.9 Å². The van der Waals surface area contributed by atoms with E-state index in [0.29, 0.717) is 42.5 Å². The lowest BCUT2D eigenvalue weighted by Crippen LogP contribution is -2.01. The van der Waals surface area contributed by atoms with Crippen molar-refractivity contribution in [2.24, 2.45) is 11.8 Å². The van der Waals surface area contributed by atoms with Crippen molar-refractivity contribution in [1.29, 1.82) is 0 Å². The van der Waals surface area contributed by atoms with Crippen molar-refractivity contribution in [1.82, 2.24) is 8.75 Å². The van der Waals surface area contributed by atoms with Gasteiger partial charge in [0.2, 0.25) is 0 Å². The van der Waals surface area contributed by atoms with E-state index in [1.54, 1.807) is 48.5 Å². The Morgan fingerprint density at radius 3 is 1.56 bits per heavy atom. The standard InChI is InChI=1S/C41H42F4N2S3/c1-5-8-9-25(7-3)12-13-27-15-17-29(31(43)23-27)33-19-21-35(49-33)37-39(45)38(44)36(40-41(37)47-50-46-40)34-20-18-32(48-34)28-16-14-26(22-30(28)42)11-10-24(4)6-2/h14-25H,5-13H2,1-4H3. The van der Waals surface area contributed by atoms with E-state index >= 15 is 17.6 Å². The van der Waals surface area contributed by atoms with Crippen LogP contribution in [0.2, 0.25) is 0 Å². The number of rotatable bonds is 15. The third-order valence-corrected chi connectivity index (χ3v) is 12.7. The normalized spacial score (nSPS) is 13.0. The third kappa shape index (κ3) is 7.75. The summed E-state index contributed by atoms with van der Waals surface area (Å²) in [6.45, 7) is 8.76. The Kier molecular flexibility index (Phi) is 11.9. The first-order chi connectivity index (χ1) is 24.2. The third-order valence-electron chi connectivity index (χ3n) is 9.90. The predicted octanol–water partition coefficient (Wildman–Crippen LogP) is 14.2. The smallest absolute Gasteiger partial charge is 0.170 e. The van der Waals surface area contributed by atoms with Crippen LogP contribution in [-0.4, -0.2) is 8.75 Å². The molecule has 0 saturated heterocycles. The zero-order valence-corrected chi connectivity index (χ0v) is 31.4. The van der Waals surface area contributed by atoms with Gasteiger partial charge in [-0.1, -0.05) is 84.1 Å². The molecule has 0 amide bonds. The molecule has 3 aromatic carbocycles. The van der Waals surface area contributed by atoms with E-state index in [0.717, 1.165) is 61.4 Å². The van der Waals surface area contributed by atoms with Gasteiger partial charge in [0.15, 0.2) is 11.6 Å². The SMILES string of the molecule is CCCCC(CC)CCc1ccc(-c2ccc(-c3c(F)c(F)c(-c4ccc(-c5ccc(CCC(C)CC)cc5F)s4)c4nsnc34)s2)c(F)c1. The fourth-order valence-corrected chi connectivity index (χ4v) is 9.19. The Bertz CT molecular complexity index is 2080. The van der Waals surface area contributed by atoms with Gasteiger partial charge in [0, 0.05) is 30.6 Å². The number of hydrogen-bond acceptors (Lipinski definition) is 5. The summed E-state index contributed by atoms with van der Waals surface area (Å²) in [6, 6.07) is 17.4. The molecule has 50 heavy (non-hydrogen) atoms. The van der Waals surface area contributed by atoms with Gasteiger partial charge in [-0.3, -0.25) is 0 Å². The van der Waals surface area contributed by atoms with E-state index in [2.05, 4.69) is 36.4 Å². The fourth-order valence-electron chi connectivity index (χ4n) is 6.49. The van der Waals surface area contributed by atoms with Crippen molar-refractivity contribution < 1.29 is 17.6 Å². The van der Waals surface area contributed by atoms with Gasteiger partial charge in [-0.25, -0.2) is 17.6 Å². The molecular weight excluding hydrogens is 693 g/mol. The van der Waals surface area contributed by atoms with E-state index in [1.165, 1.54) is 41.9 Å². The van der Waals surface area contributed by atoms with Gasteiger partial charge in [-0.15, -0.1) is 22.7 Å². The van der Waals surface area contributed by atoms with Crippen LogP contribution in [0.4, 0.5) is 17.6 Å². The van der Waals surface area contributed by atoms with Crippen molar-refractivity contribution in [3.8, 4) is 41.8 Å². The van der Waals surface area contributed by atoms with Gasteiger partial charge >= 0.3 is 0 Å². The number of hydrogen-bond donors (Lipinski definition) is 0. The minimum Gasteiger partial charge on any atom is -0.206 e. The van der Waals surface area contributed by atoms with Gasteiger partial charge in [0.1, 0.15) is 22.7 Å². The Hall–Kier alpha value is -3.40. The first-order valence-electron chi connectivity index (χ1n) is 17.6. The second-order valence-electron chi connectivity index (χ2n) is 13.3. The Labute approximate surface area is 304 Å². The molecule has 0 radical (unpaired) electrons. The number of halogens is 4. The molecule has 2 atom stereocenters. The van der Waals surface area contributed by atoms with Crippen LogP contribution in [-0.2, 0) is 12.8 Å². The summed E-state index contributed by atoms with van der Waals surface area (Å²) >= 11 is 3.26. The van der Waals surface area contributed by atoms with E-state index in [1.807, 2.05) is 12.1 Å². The minimum atomic E-state index is -1.04. The van der Waals surface area contributed by atoms with Crippen LogP contribution in [0.5, 0.6) is 0 Å². The molecule has 0 bridgehead atoms. The molecule has 0 spiro atoms. The number of aryl methyl sites for hydroxylation is 2. The predicted molar refractivity (Wildman–Crippen MR) is 204 cm³/mol. The van der Waals surface area contributed by atoms with Gasteiger partial charge in [-0.2, -0.15) is 8.75 Å². The van der Waals surface area contributed by atoms with Crippen molar-refractivity contribution >= 4 is 45.4 Å².